The number of hydrogen-bond acceptors (Lipinski definition) is 2. The lowest BCUT2D eigenvalue weighted by molar-refractivity contribution is -0.117. The Labute approximate surface area is 85.1 Å². The van der Waals surface area contributed by atoms with Gasteiger partial charge in [-0.05, 0) is 34.7 Å². The van der Waals surface area contributed by atoms with Gasteiger partial charge in [0.25, 0.3) is 0 Å². The molecule has 1 rings (SSSR count). The van der Waals surface area contributed by atoms with E-state index in [1.807, 2.05) is 0 Å². The summed E-state index contributed by atoms with van der Waals surface area (Å²) in [6, 6.07) is -0.524. The van der Waals surface area contributed by atoms with Crippen molar-refractivity contribution in [3.05, 3.63) is 27.3 Å². The lowest BCUT2D eigenvalue weighted by Gasteiger charge is -1.97. The number of carbonyl (C=O) groups is 1. The minimum atomic E-state index is -0.845. The Morgan fingerprint density at radius 2 is 2.50 bits per heavy atom. The van der Waals surface area contributed by atoms with E-state index in [2.05, 4.69) is 4.98 Å². The topological polar surface area (TPSA) is 56.0 Å². The normalized spacial score (nSPS) is 12.2. The predicted octanol–water partition coefficient (Wildman–Crippen LogP) is 0.853. The highest BCUT2D eigenvalue weighted by atomic mass is 127. The third kappa shape index (κ3) is 2.40. The second-order valence-electron chi connectivity index (χ2n) is 2.06. The molecule has 0 saturated carbocycles. The molecule has 3 nitrogen and oxygen atoms in total. The van der Waals surface area contributed by atoms with Gasteiger partial charge in [0.05, 0.1) is 18.4 Å². The van der Waals surface area contributed by atoms with Gasteiger partial charge in [-0.15, -0.1) is 0 Å². The Kier molecular flexibility index (Phi) is 2.14. The van der Waals surface area contributed by atoms with E-state index >= 15 is 0 Å². The van der Waals surface area contributed by atoms with Gasteiger partial charge in [-0.2, -0.15) is 4.39 Å². The van der Waals surface area contributed by atoms with Gasteiger partial charge in [0.1, 0.15) is 0 Å². The van der Waals surface area contributed by atoms with Crippen molar-refractivity contribution in [3.63, 3.8) is 0 Å². The highest BCUT2D eigenvalue weighted by Crippen LogP contribution is 2.08. The highest BCUT2D eigenvalue weighted by Gasteiger charge is 2.04. The molecule has 0 saturated heterocycles. The molecule has 0 atom stereocenters. The molecule has 0 unspecified atom stereocenters. The van der Waals surface area contributed by atoms with Crippen molar-refractivity contribution >= 4 is 28.5 Å². The molecule has 12 heavy (non-hydrogen) atoms. The van der Waals surface area contributed by atoms with Crippen LogP contribution in [0.1, 0.15) is 8.44 Å². The number of primary amides is 1. The van der Waals surface area contributed by atoms with E-state index in [1.54, 1.807) is 22.6 Å². The van der Waals surface area contributed by atoms with Gasteiger partial charge in [0.2, 0.25) is 11.9 Å². The van der Waals surface area contributed by atoms with Crippen LogP contribution in [0.2, 0.25) is 0 Å². The van der Waals surface area contributed by atoms with Crippen LogP contribution in [-0.4, -0.2) is 10.9 Å². The second kappa shape index (κ2) is 3.79. The molecule has 1 amide bonds. The van der Waals surface area contributed by atoms with Gasteiger partial charge in [0.15, 0.2) is 0 Å². The van der Waals surface area contributed by atoms with E-state index in [-0.39, 0.29) is 27.8 Å². The highest BCUT2D eigenvalue weighted by molar-refractivity contribution is 14.1. The van der Waals surface area contributed by atoms with Crippen molar-refractivity contribution in [2.45, 2.75) is 6.42 Å². The fourth-order valence-electron chi connectivity index (χ4n) is 0.623. The van der Waals surface area contributed by atoms with Gasteiger partial charge < -0.3 is 5.73 Å². The van der Waals surface area contributed by atoms with Gasteiger partial charge in [0, 0.05) is 0 Å². The first kappa shape index (κ1) is 6.76. The van der Waals surface area contributed by atoms with Crippen molar-refractivity contribution in [2.24, 2.45) is 5.73 Å². The van der Waals surface area contributed by atoms with Crippen LogP contribution in [0.5, 0.6) is 0 Å². The van der Waals surface area contributed by atoms with E-state index in [0.717, 1.165) is 0 Å². The van der Waals surface area contributed by atoms with E-state index in [4.69, 9.17) is 8.48 Å². The van der Waals surface area contributed by atoms with Crippen LogP contribution >= 0.6 is 22.6 Å². The Morgan fingerprint density at radius 3 is 3.08 bits per heavy atom. The number of hydrogen-bond donors (Lipinski definition) is 1. The van der Waals surface area contributed by atoms with Crippen molar-refractivity contribution in [3.8, 4) is 0 Å². The summed E-state index contributed by atoms with van der Waals surface area (Å²) < 4.78 is 27.7. The summed E-state index contributed by atoms with van der Waals surface area (Å²) >= 11 is 1.58. The summed E-state index contributed by atoms with van der Waals surface area (Å²) in [6.45, 7) is 0. The molecule has 0 radical (unpaired) electrons. The number of carbonyl (C=O) groups excluding carboxylic acids is 1. The van der Waals surface area contributed by atoms with E-state index in [1.165, 1.54) is 0 Å². The Hall–Kier alpha value is -0.720. The summed E-state index contributed by atoms with van der Waals surface area (Å²) in [5.74, 6) is -1.55. The lowest BCUT2D eigenvalue weighted by atomic mass is 10.3. The van der Waals surface area contributed by atoms with Crippen LogP contribution in [-0.2, 0) is 11.2 Å². The first-order valence-corrected chi connectivity index (χ1v) is 4.10. The van der Waals surface area contributed by atoms with E-state index < -0.39 is 11.9 Å². The fraction of sp³-hybridized carbons (Fsp3) is 0.143. The number of aromatic nitrogens is 1. The SMILES string of the molecule is [2H]c1c(CC(N)=O)nc(F)c(I)c1[2H]. The van der Waals surface area contributed by atoms with Crippen molar-refractivity contribution < 1.29 is 11.9 Å². The van der Waals surface area contributed by atoms with Gasteiger partial charge in [-0.25, -0.2) is 4.98 Å². The smallest absolute Gasteiger partial charge is 0.226 e. The van der Waals surface area contributed by atoms with Gasteiger partial charge >= 0.3 is 0 Å². The number of pyridine rings is 1. The molecule has 1 aromatic rings. The Morgan fingerprint density at radius 1 is 1.83 bits per heavy atom. The summed E-state index contributed by atoms with van der Waals surface area (Å²) in [5.41, 5.74) is 4.79. The maximum absolute atomic E-state index is 13.0. The first-order chi connectivity index (χ1) is 6.43. The standard InChI is InChI=1S/C7H6FIN2O/c8-7-5(9)2-1-4(11-7)3-6(10)12/h1-2H,3H2,(H2,10,12)/i1D,2D. The van der Waals surface area contributed by atoms with Crippen LogP contribution in [0, 0.1) is 9.52 Å². The lowest BCUT2D eigenvalue weighted by Crippen LogP contribution is -2.15. The van der Waals surface area contributed by atoms with Crippen LogP contribution in [0.3, 0.4) is 0 Å². The minimum absolute atomic E-state index is 0.0270. The molecule has 1 heterocycles. The van der Waals surface area contributed by atoms with E-state index in [0.29, 0.717) is 0 Å². The van der Waals surface area contributed by atoms with E-state index in [9.17, 15) is 9.18 Å². The molecule has 1 aromatic heterocycles. The number of nitrogens with two attached hydrogens (primary N) is 1. The maximum Gasteiger partial charge on any atom is 0.226 e. The molecule has 0 spiro atoms. The molecule has 0 aliphatic carbocycles. The Balaban J connectivity index is 3.25. The third-order valence-corrected chi connectivity index (χ3v) is 1.79. The molecule has 0 aromatic carbocycles. The first-order valence-electron chi connectivity index (χ1n) is 4.03. The number of rotatable bonds is 2. The van der Waals surface area contributed by atoms with Gasteiger partial charge in [-0.1, -0.05) is 0 Å². The van der Waals surface area contributed by atoms with Crippen LogP contribution in [0.25, 0.3) is 0 Å². The summed E-state index contributed by atoms with van der Waals surface area (Å²) in [7, 11) is 0. The minimum Gasteiger partial charge on any atom is -0.369 e. The predicted molar refractivity (Wildman–Crippen MR) is 49.8 cm³/mol. The fourth-order valence-corrected chi connectivity index (χ4v) is 0.878. The summed E-state index contributed by atoms with van der Waals surface area (Å²) in [6.07, 6.45) is -0.321. The van der Waals surface area contributed by atoms with Crippen LogP contribution in [0.15, 0.2) is 12.1 Å². The largest absolute Gasteiger partial charge is 0.369 e. The average Bonchev–Trinajstić information content (AvgIpc) is 2.10. The molecule has 5 heteroatoms. The summed E-state index contributed by atoms with van der Waals surface area (Å²) in [4.78, 5) is 13.9. The third-order valence-electron chi connectivity index (χ3n) is 1.07. The molecule has 2 N–H and O–H groups in total. The number of amides is 1. The molecular formula is C7H6FIN2O. The zero-order valence-corrected chi connectivity index (χ0v) is 8.05. The average molecular weight is 282 g/mol. The molecule has 0 aliphatic rings. The van der Waals surface area contributed by atoms with Crippen LogP contribution in [0.4, 0.5) is 4.39 Å². The van der Waals surface area contributed by atoms with Crippen molar-refractivity contribution in [1.82, 2.24) is 4.98 Å². The summed E-state index contributed by atoms with van der Waals surface area (Å²) in [5, 5.41) is 0. The second-order valence-corrected chi connectivity index (χ2v) is 3.14. The maximum atomic E-state index is 13.0. The molecule has 0 bridgehead atoms. The van der Waals surface area contributed by atoms with Crippen LogP contribution < -0.4 is 5.73 Å². The monoisotopic (exact) mass is 282 g/mol. The Bertz CT molecular complexity index is 400. The van der Waals surface area contributed by atoms with Crippen molar-refractivity contribution in [2.75, 3.05) is 0 Å². The zero-order valence-electron chi connectivity index (χ0n) is 7.90. The molecule has 0 fully saturated rings. The van der Waals surface area contributed by atoms with Crippen molar-refractivity contribution in [1.29, 1.82) is 0 Å². The molecular weight excluding hydrogens is 274 g/mol. The zero-order chi connectivity index (χ0) is 10.9. The van der Waals surface area contributed by atoms with Gasteiger partial charge in [-0.3, -0.25) is 4.79 Å². The quantitative estimate of drug-likeness (QED) is 0.646. The molecule has 64 valence electrons. The molecule has 0 aliphatic heterocycles. The number of nitrogens with zero attached hydrogens (tertiary/aromatic N) is 1. The number of halogens is 2.